The van der Waals surface area contributed by atoms with Crippen molar-refractivity contribution >= 4 is 35.2 Å². The minimum Gasteiger partial charge on any atom is -0.336 e. The van der Waals surface area contributed by atoms with Gasteiger partial charge in [0.25, 0.3) is 5.91 Å². The highest BCUT2D eigenvalue weighted by Gasteiger charge is 2.20. The predicted molar refractivity (Wildman–Crippen MR) is 109 cm³/mol. The van der Waals surface area contributed by atoms with Gasteiger partial charge in [0.2, 0.25) is 5.91 Å². The van der Waals surface area contributed by atoms with Crippen LogP contribution in [0.4, 0.5) is 5.69 Å². The molecule has 1 N–H and O–H groups in total. The van der Waals surface area contributed by atoms with Gasteiger partial charge in [-0.2, -0.15) is 0 Å². The smallest absolute Gasteiger partial charge is 0.254 e. The maximum Gasteiger partial charge on any atom is 0.254 e. The molecule has 0 aromatic heterocycles. The molecule has 0 radical (unpaired) electrons. The van der Waals surface area contributed by atoms with E-state index < -0.39 is 0 Å². The van der Waals surface area contributed by atoms with Gasteiger partial charge in [0, 0.05) is 48.5 Å². The summed E-state index contributed by atoms with van der Waals surface area (Å²) >= 11 is 6.08. The van der Waals surface area contributed by atoms with Gasteiger partial charge in [0.1, 0.15) is 0 Å². The number of anilines is 1. The second-order valence-corrected chi connectivity index (χ2v) is 6.93. The van der Waals surface area contributed by atoms with Crippen LogP contribution in [-0.4, -0.2) is 54.8 Å². The molecule has 140 valence electrons. The molecular formula is C21H22ClN3O2. The Morgan fingerprint density at radius 2 is 1.78 bits per heavy atom. The van der Waals surface area contributed by atoms with E-state index in [1.807, 2.05) is 30.1 Å². The van der Waals surface area contributed by atoms with Crippen molar-refractivity contribution in [1.82, 2.24) is 9.80 Å². The first kappa shape index (κ1) is 19.1. The third-order valence-corrected chi connectivity index (χ3v) is 4.83. The number of carbonyl (C=O) groups is 2. The molecule has 6 heteroatoms. The monoisotopic (exact) mass is 383 g/mol. The molecule has 2 aromatic carbocycles. The molecule has 5 nitrogen and oxygen atoms in total. The number of halogens is 1. The van der Waals surface area contributed by atoms with Crippen LogP contribution in [0.1, 0.15) is 15.9 Å². The molecule has 1 saturated heterocycles. The summed E-state index contributed by atoms with van der Waals surface area (Å²) in [5, 5.41) is 3.37. The van der Waals surface area contributed by atoms with Crippen LogP contribution >= 0.6 is 11.6 Å². The van der Waals surface area contributed by atoms with Crippen molar-refractivity contribution in [3.05, 3.63) is 70.8 Å². The molecule has 27 heavy (non-hydrogen) atoms. The highest BCUT2D eigenvalue weighted by molar-refractivity contribution is 6.32. The number of piperazine rings is 1. The molecule has 2 aromatic rings. The first-order chi connectivity index (χ1) is 13.0. The van der Waals surface area contributed by atoms with E-state index in [1.54, 1.807) is 36.4 Å². The van der Waals surface area contributed by atoms with Crippen molar-refractivity contribution in [1.29, 1.82) is 0 Å². The van der Waals surface area contributed by atoms with Crippen LogP contribution in [0.25, 0.3) is 6.08 Å². The van der Waals surface area contributed by atoms with Gasteiger partial charge in [-0.05, 0) is 43.0 Å². The summed E-state index contributed by atoms with van der Waals surface area (Å²) in [6.45, 7) is 3.17. The lowest BCUT2D eigenvalue weighted by molar-refractivity contribution is -0.111. The van der Waals surface area contributed by atoms with Gasteiger partial charge in [-0.1, -0.05) is 35.9 Å². The lowest BCUT2D eigenvalue weighted by atomic mass is 10.1. The first-order valence-corrected chi connectivity index (χ1v) is 9.22. The van der Waals surface area contributed by atoms with E-state index in [0.717, 1.165) is 18.7 Å². The number of rotatable bonds is 4. The molecule has 1 aliphatic heterocycles. The second kappa shape index (κ2) is 8.84. The lowest BCUT2D eigenvalue weighted by Gasteiger charge is -2.32. The summed E-state index contributed by atoms with van der Waals surface area (Å²) in [7, 11) is 2.05. The van der Waals surface area contributed by atoms with Gasteiger partial charge in [-0.15, -0.1) is 0 Å². The number of amides is 2. The summed E-state index contributed by atoms with van der Waals surface area (Å²) in [5.74, 6) is -0.287. The molecule has 1 heterocycles. The van der Waals surface area contributed by atoms with Crippen LogP contribution in [0.3, 0.4) is 0 Å². The van der Waals surface area contributed by atoms with E-state index in [9.17, 15) is 9.59 Å². The number of hydrogen-bond donors (Lipinski definition) is 1. The zero-order valence-electron chi connectivity index (χ0n) is 15.2. The van der Waals surface area contributed by atoms with Gasteiger partial charge in [-0.25, -0.2) is 0 Å². The molecule has 3 rings (SSSR count). The standard InChI is InChI=1S/C21H22ClN3O2/c1-24-11-13-25(14-12-24)21(27)17-6-4-7-18(15-17)23-20(26)10-9-16-5-2-3-8-19(16)22/h2-10,15H,11-14H2,1H3,(H,23,26)/b10-9+. The topological polar surface area (TPSA) is 52.6 Å². The Kier molecular flexibility index (Phi) is 6.27. The van der Waals surface area contributed by atoms with Crippen molar-refractivity contribution in [2.75, 3.05) is 38.5 Å². The van der Waals surface area contributed by atoms with Crippen LogP contribution in [0, 0.1) is 0 Å². The Labute approximate surface area is 164 Å². The number of carbonyl (C=O) groups excluding carboxylic acids is 2. The van der Waals surface area contributed by atoms with Crippen LogP contribution in [-0.2, 0) is 4.79 Å². The molecule has 0 bridgehead atoms. The summed E-state index contributed by atoms with van der Waals surface area (Å²) in [6, 6.07) is 14.3. The zero-order chi connectivity index (χ0) is 19.2. The molecule has 0 atom stereocenters. The van der Waals surface area contributed by atoms with Crippen LogP contribution in [0.5, 0.6) is 0 Å². The van der Waals surface area contributed by atoms with Gasteiger partial charge in [0.05, 0.1) is 0 Å². The van der Waals surface area contributed by atoms with Crippen LogP contribution < -0.4 is 5.32 Å². The lowest BCUT2D eigenvalue weighted by Crippen LogP contribution is -2.47. The Hall–Kier alpha value is -2.63. The Morgan fingerprint density at radius 1 is 1.04 bits per heavy atom. The van der Waals surface area contributed by atoms with Crippen LogP contribution in [0.2, 0.25) is 5.02 Å². The highest BCUT2D eigenvalue weighted by Crippen LogP contribution is 2.17. The van der Waals surface area contributed by atoms with Crippen molar-refractivity contribution < 1.29 is 9.59 Å². The highest BCUT2D eigenvalue weighted by atomic mass is 35.5. The van der Waals surface area contributed by atoms with Crippen molar-refractivity contribution in [3.63, 3.8) is 0 Å². The van der Waals surface area contributed by atoms with E-state index in [-0.39, 0.29) is 11.8 Å². The molecule has 0 spiro atoms. The van der Waals surface area contributed by atoms with E-state index in [2.05, 4.69) is 10.2 Å². The average Bonchev–Trinajstić information content (AvgIpc) is 2.67. The van der Waals surface area contributed by atoms with E-state index in [4.69, 9.17) is 11.6 Å². The van der Waals surface area contributed by atoms with Gasteiger partial charge < -0.3 is 15.1 Å². The van der Waals surface area contributed by atoms with Gasteiger partial charge in [-0.3, -0.25) is 9.59 Å². The minimum absolute atomic E-state index is 0.00851. The number of hydrogen-bond acceptors (Lipinski definition) is 3. The summed E-state index contributed by atoms with van der Waals surface area (Å²) in [6.07, 6.45) is 3.09. The normalized spacial score (nSPS) is 15.1. The third-order valence-electron chi connectivity index (χ3n) is 4.49. The predicted octanol–water partition coefficient (Wildman–Crippen LogP) is 3.38. The third kappa shape index (κ3) is 5.18. The van der Waals surface area contributed by atoms with Crippen molar-refractivity contribution in [2.24, 2.45) is 0 Å². The van der Waals surface area contributed by atoms with E-state index in [0.29, 0.717) is 29.4 Å². The molecule has 0 saturated carbocycles. The Balaban J connectivity index is 1.64. The molecule has 0 unspecified atom stereocenters. The minimum atomic E-state index is -0.279. The van der Waals surface area contributed by atoms with Crippen LogP contribution in [0.15, 0.2) is 54.6 Å². The maximum atomic E-state index is 12.7. The Bertz CT molecular complexity index is 858. The fraction of sp³-hybridized carbons (Fsp3) is 0.238. The van der Waals surface area contributed by atoms with Gasteiger partial charge >= 0.3 is 0 Å². The average molecular weight is 384 g/mol. The van der Waals surface area contributed by atoms with Gasteiger partial charge in [0.15, 0.2) is 0 Å². The maximum absolute atomic E-state index is 12.7. The van der Waals surface area contributed by atoms with E-state index in [1.165, 1.54) is 6.08 Å². The second-order valence-electron chi connectivity index (χ2n) is 6.52. The zero-order valence-corrected chi connectivity index (χ0v) is 15.9. The van der Waals surface area contributed by atoms with Crippen molar-refractivity contribution in [2.45, 2.75) is 0 Å². The number of benzene rings is 2. The summed E-state index contributed by atoms with van der Waals surface area (Å²) < 4.78 is 0. The molecule has 1 aliphatic rings. The molecule has 2 amide bonds. The van der Waals surface area contributed by atoms with Crippen molar-refractivity contribution in [3.8, 4) is 0 Å². The number of nitrogens with one attached hydrogen (secondary N) is 1. The quantitative estimate of drug-likeness (QED) is 0.823. The fourth-order valence-electron chi connectivity index (χ4n) is 2.88. The summed E-state index contributed by atoms with van der Waals surface area (Å²) in [4.78, 5) is 28.9. The first-order valence-electron chi connectivity index (χ1n) is 8.84. The number of nitrogens with zero attached hydrogens (tertiary/aromatic N) is 2. The van der Waals surface area contributed by atoms with E-state index >= 15 is 0 Å². The summed E-state index contributed by atoms with van der Waals surface area (Å²) in [5.41, 5.74) is 1.93. The Morgan fingerprint density at radius 3 is 2.52 bits per heavy atom. The largest absolute Gasteiger partial charge is 0.336 e. The molecule has 0 aliphatic carbocycles. The molecule has 1 fully saturated rings. The fourth-order valence-corrected chi connectivity index (χ4v) is 3.08. The number of likely N-dealkylation sites (N-methyl/N-ethyl adjacent to an activating group) is 1. The molecular weight excluding hydrogens is 362 g/mol. The SMILES string of the molecule is CN1CCN(C(=O)c2cccc(NC(=O)/C=C/c3ccccc3Cl)c2)CC1.